The Morgan fingerprint density at radius 3 is 2.65 bits per heavy atom. The van der Waals surface area contributed by atoms with Crippen LogP contribution in [0.2, 0.25) is 0 Å². The molecule has 2 aromatic rings. The van der Waals surface area contributed by atoms with Crippen LogP contribution in [0.25, 0.3) is 11.1 Å². The maximum absolute atomic E-state index is 13.1. The molecule has 1 amide bonds. The minimum Gasteiger partial charge on any atom is -0.396 e. The van der Waals surface area contributed by atoms with Gasteiger partial charge in [0.05, 0.1) is 17.7 Å². The van der Waals surface area contributed by atoms with Gasteiger partial charge in [0.15, 0.2) is 0 Å². The third kappa shape index (κ3) is 2.61. The molecule has 1 saturated heterocycles. The second kappa shape index (κ2) is 6.14. The summed E-state index contributed by atoms with van der Waals surface area (Å²) in [6.45, 7) is 6.30. The van der Waals surface area contributed by atoms with Gasteiger partial charge < -0.3 is 9.84 Å². The zero-order valence-corrected chi connectivity index (χ0v) is 15.3. The van der Waals surface area contributed by atoms with E-state index in [1.54, 1.807) is 17.3 Å². The molecule has 2 unspecified atom stereocenters. The molecule has 6 nitrogen and oxygen atoms in total. The van der Waals surface area contributed by atoms with Crippen LogP contribution in [0, 0.1) is 12.8 Å². The van der Waals surface area contributed by atoms with Gasteiger partial charge in [0.1, 0.15) is 12.1 Å². The number of rotatable bonds is 3. The number of anilines is 1. The Labute approximate surface area is 152 Å². The maximum Gasteiger partial charge on any atom is 0.239 e. The van der Waals surface area contributed by atoms with E-state index < -0.39 is 5.41 Å². The van der Waals surface area contributed by atoms with E-state index in [0.29, 0.717) is 13.0 Å². The number of aliphatic hydroxyl groups is 1. The molecule has 0 saturated carbocycles. The number of amides is 1. The summed E-state index contributed by atoms with van der Waals surface area (Å²) < 4.78 is 5.84. The van der Waals surface area contributed by atoms with Crippen molar-refractivity contribution in [2.75, 3.05) is 18.1 Å². The van der Waals surface area contributed by atoms with Crippen LogP contribution < -0.4 is 4.90 Å². The van der Waals surface area contributed by atoms with Gasteiger partial charge in [0.25, 0.3) is 0 Å². The van der Waals surface area contributed by atoms with Crippen LogP contribution in [0.5, 0.6) is 0 Å². The van der Waals surface area contributed by atoms with Gasteiger partial charge in [-0.2, -0.15) is 0 Å². The van der Waals surface area contributed by atoms with Gasteiger partial charge in [0.2, 0.25) is 5.91 Å². The number of nitrogens with zero attached hydrogens (tertiary/aromatic N) is 3. The van der Waals surface area contributed by atoms with Crippen LogP contribution >= 0.6 is 0 Å². The lowest BCUT2D eigenvalue weighted by Crippen LogP contribution is -2.42. The summed E-state index contributed by atoms with van der Waals surface area (Å²) in [4.78, 5) is 23.4. The van der Waals surface area contributed by atoms with E-state index in [0.717, 1.165) is 28.2 Å². The van der Waals surface area contributed by atoms with Gasteiger partial charge in [-0.3, -0.25) is 9.69 Å². The van der Waals surface area contributed by atoms with Crippen LogP contribution in [0.1, 0.15) is 31.7 Å². The van der Waals surface area contributed by atoms with E-state index in [2.05, 4.69) is 9.97 Å². The van der Waals surface area contributed by atoms with Crippen molar-refractivity contribution in [1.29, 1.82) is 0 Å². The third-order valence-electron chi connectivity index (χ3n) is 5.40. The summed E-state index contributed by atoms with van der Waals surface area (Å²) >= 11 is 0. The van der Waals surface area contributed by atoms with Crippen molar-refractivity contribution in [2.45, 2.75) is 38.8 Å². The van der Waals surface area contributed by atoms with E-state index in [-0.39, 0.29) is 24.7 Å². The first-order valence-electron chi connectivity index (χ1n) is 8.91. The Bertz CT molecular complexity index is 848. The Hall–Kier alpha value is -2.31. The highest BCUT2D eigenvalue weighted by atomic mass is 16.5. The number of hydrogen-bond acceptors (Lipinski definition) is 5. The number of hydrogen-bond donors (Lipinski definition) is 1. The Morgan fingerprint density at radius 2 is 2.00 bits per heavy atom. The third-order valence-corrected chi connectivity index (χ3v) is 5.40. The Balaban J connectivity index is 1.76. The molecule has 1 fully saturated rings. The SMILES string of the molecule is Cc1ncc(-c2ccc3c(c2)N(C2CC(CO)CO2)C(=O)C3(C)C)cn1. The second-order valence-corrected chi connectivity index (χ2v) is 7.62. The van der Waals surface area contributed by atoms with Gasteiger partial charge in [0, 0.05) is 30.5 Å². The van der Waals surface area contributed by atoms with Crippen molar-refractivity contribution in [3.05, 3.63) is 42.0 Å². The molecular formula is C20H23N3O3. The van der Waals surface area contributed by atoms with Crippen LogP contribution in [0.15, 0.2) is 30.6 Å². The molecule has 2 aliphatic rings. The van der Waals surface area contributed by atoms with Crippen LogP contribution in [0.3, 0.4) is 0 Å². The molecule has 2 aliphatic heterocycles. The predicted octanol–water partition coefficient (Wildman–Crippen LogP) is 2.43. The Kier molecular flexibility index (Phi) is 4.04. The number of carbonyl (C=O) groups is 1. The van der Waals surface area contributed by atoms with Crippen molar-refractivity contribution in [3.63, 3.8) is 0 Å². The van der Waals surface area contributed by atoms with E-state index in [1.165, 1.54) is 0 Å². The molecule has 0 bridgehead atoms. The lowest BCUT2D eigenvalue weighted by molar-refractivity contribution is -0.124. The van der Waals surface area contributed by atoms with Gasteiger partial charge >= 0.3 is 0 Å². The molecule has 0 spiro atoms. The molecule has 0 radical (unpaired) electrons. The fourth-order valence-corrected chi connectivity index (χ4v) is 3.77. The molecule has 0 aliphatic carbocycles. The van der Waals surface area contributed by atoms with Crippen molar-refractivity contribution in [2.24, 2.45) is 5.92 Å². The van der Waals surface area contributed by atoms with Crippen LogP contribution in [-0.2, 0) is 14.9 Å². The molecule has 1 aromatic carbocycles. The number of aryl methyl sites for hydroxylation is 1. The maximum atomic E-state index is 13.1. The largest absolute Gasteiger partial charge is 0.396 e. The molecule has 6 heteroatoms. The first-order chi connectivity index (χ1) is 12.4. The first-order valence-corrected chi connectivity index (χ1v) is 8.91. The summed E-state index contributed by atoms with van der Waals surface area (Å²) in [7, 11) is 0. The lowest BCUT2D eigenvalue weighted by Gasteiger charge is -2.26. The summed E-state index contributed by atoms with van der Waals surface area (Å²) in [6, 6.07) is 6.05. The fraction of sp³-hybridized carbons (Fsp3) is 0.450. The van der Waals surface area contributed by atoms with Crippen molar-refractivity contribution in [3.8, 4) is 11.1 Å². The molecule has 26 heavy (non-hydrogen) atoms. The monoisotopic (exact) mass is 353 g/mol. The standard InChI is InChI=1S/C20H23N3O3/c1-12-21-8-15(9-22-12)14-4-5-16-17(7-14)23(19(25)20(16,2)3)18-6-13(10-24)11-26-18/h4-5,7-9,13,18,24H,6,10-11H2,1-3H3. The molecular weight excluding hydrogens is 330 g/mol. The first kappa shape index (κ1) is 17.1. The lowest BCUT2D eigenvalue weighted by atomic mass is 9.85. The van der Waals surface area contributed by atoms with Gasteiger partial charge in [-0.25, -0.2) is 9.97 Å². The number of fused-ring (bicyclic) bond motifs is 1. The van der Waals surface area contributed by atoms with Crippen molar-refractivity contribution >= 4 is 11.6 Å². The molecule has 1 N–H and O–H groups in total. The molecule has 2 atom stereocenters. The molecule has 3 heterocycles. The minimum atomic E-state index is -0.599. The van der Waals surface area contributed by atoms with Crippen LogP contribution in [-0.4, -0.2) is 40.4 Å². The summed E-state index contributed by atoms with van der Waals surface area (Å²) in [5.41, 5.74) is 3.15. The zero-order chi connectivity index (χ0) is 18.5. The van der Waals surface area contributed by atoms with E-state index >= 15 is 0 Å². The average Bonchev–Trinajstić information content (AvgIpc) is 3.17. The summed E-state index contributed by atoms with van der Waals surface area (Å²) in [6.07, 6.45) is 3.91. The van der Waals surface area contributed by atoms with Gasteiger partial charge in [-0.1, -0.05) is 12.1 Å². The van der Waals surface area contributed by atoms with E-state index in [9.17, 15) is 9.90 Å². The summed E-state index contributed by atoms with van der Waals surface area (Å²) in [5.74, 6) is 0.837. The quantitative estimate of drug-likeness (QED) is 0.917. The highest BCUT2D eigenvalue weighted by molar-refractivity contribution is 6.08. The summed E-state index contributed by atoms with van der Waals surface area (Å²) in [5, 5.41) is 9.41. The number of ether oxygens (including phenoxy) is 1. The number of benzene rings is 1. The fourth-order valence-electron chi connectivity index (χ4n) is 3.77. The van der Waals surface area contributed by atoms with Crippen LogP contribution in [0.4, 0.5) is 5.69 Å². The zero-order valence-electron chi connectivity index (χ0n) is 15.3. The average molecular weight is 353 g/mol. The molecule has 1 aromatic heterocycles. The van der Waals surface area contributed by atoms with Crippen molar-refractivity contribution < 1.29 is 14.6 Å². The Morgan fingerprint density at radius 1 is 1.27 bits per heavy atom. The molecule has 4 rings (SSSR count). The topological polar surface area (TPSA) is 75.6 Å². The molecule has 136 valence electrons. The highest BCUT2D eigenvalue weighted by Crippen LogP contribution is 2.45. The predicted molar refractivity (Wildman–Crippen MR) is 97.6 cm³/mol. The van der Waals surface area contributed by atoms with Crippen molar-refractivity contribution in [1.82, 2.24) is 9.97 Å². The number of aliphatic hydroxyl groups excluding tert-OH is 1. The highest BCUT2D eigenvalue weighted by Gasteiger charge is 2.48. The normalized spacial score (nSPS) is 24.2. The van der Waals surface area contributed by atoms with Gasteiger partial charge in [-0.15, -0.1) is 0 Å². The number of aromatic nitrogens is 2. The second-order valence-electron chi connectivity index (χ2n) is 7.62. The van der Waals surface area contributed by atoms with Gasteiger partial charge in [-0.05, 0) is 44.4 Å². The van der Waals surface area contributed by atoms with E-state index in [1.807, 2.05) is 39.0 Å². The minimum absolute atomic E-state index is 0.0356. The van der Waals surface area contributed by atoms with E-state index in [4.69, 9.17) is 4.74 Å². The number of carbonyl (C=O) groups excluding carboxylic acids is 1. The smallest absolute Gasteiger partial charge is 0.239 e.